The zero-order valence-corrected chi connectivity index (χ0v) is 18.0. The number of nitrogens with zero attached hydrogens (tertiary/aromatic N) is 3. The highest BCUT2D eigenvalue weighted by atomic mass is 32.2. The quantitative estimate of drug-likeness (QED) is 0.426. The van der Waals surface area contributed by atoms with Gasteiger partial charge in [-0.2, -0.15) is 5.10 Å². The Kier molecular flexibility index (Phi) is 7.51. The lowest BCUT2D eigenvalue weighted by atomic mass is 10.2. The number of nitro groups is 1. The van der Waals surface area contributed by atoms with Crippen LogP contribution in [0.15, 0.2) is 29.2 Å². The predicted octanol–water partition coefficient (Wildman–Crippen LogP) is 2.19. The van der Waals surface area contributed by atoms with Crippen LogP contribution in [0.1, 0.15) is 37.7 Å². The number of aryl methyl sites for hydroxylation is 1. The number of amides is 1. The van der Waals surface area contributed by atoms with Crippen LogP contribution in [0.4, 0.5) is 5.69 Å². The van der Waals surface area contributed by atoms with Crippen molar-refractivity contribution in [1.29, 1.82) is 0 Å². The van der Waals surface area contributed by atoms with E-state index in [9.17, 15) is 23.3 Å². The van der Waals surface area contributed by atoms with Crippen molar-refractivity contribution in [1.82, 2.24) is 19.8 Å². The lowest BCUT2D eigenvalue weighted by Gasteiger charge is -2.13. The summed E-state index contributed by atoms with van der Waals surface area (Å²) in [6.45, 7) is 6.20. The molecule has 2 rings (SSSR count). The molecule has 11 nitrogen and oxygen atoms in total. The zero-order valence-electron chi connectivity index (χ0n) is 17.2. The minimum absolute atomic E-state index is 0.0316. The van der Waals surface area contributed by atoms with E-state index in [2.05, 4.69) is 15.1 Å². The fraction of sp³-hybridized carbons (Fsp3) is 0.444. The van der Waals surface area contributed by atoms with E-state index < -0.39 is 26.5 Å². The van der Waals surface area contributed by atoms with Crippen LogP contribution < -0.4 is 14.8 Å². The average Bonchev–Trinajstić information content (AvgIpc) is 3.05. The Morgan fingerprint density at radius 1 is 1.33 bits per heavy atom. The normalized spacial score (nSPS) is 11.5. The SMILES string of the molecule is CCCNC(=O)c1cc(Oc2ccc([N+](=O)[O-])cc2S(=O)(=O)NCC(C)C)n(C)n1. The van der Waals surface area contributed by atoms with Gasteiger partial charge in [-0.1, -0.05) is 20.8 Å². The van der Waals surface area contributed by atoms with Crippen LogP contribution in [0.3, 0.4) is 0 Å². The number of aromatic nitrogens is 2. The first kappa shape index (κ1) is 23.3. The largest absolute Gasteiger partial charge is 0.438 e. The highest BCUT2D eigenvalue weighted by Gasteiger charge is 2.25. The van der Waals surface area contributed by atoms with Crippen molar-refractivity contribution in [2.45, 2.75) is 32.1 Å². The first-order chi connectivity index (χ1) is 14.0. The summed E-state index contributed by atoms with van der Waals surface area (Å²) in [7, 11) is -2.55. The van der Waals surface area contributed by atoms with Gasteiger partial charge in [-0.25, -0.2) is 17.8 Å². The van der Waals surface area contributed by atoms with Crippen molar-refractivity contribution in [2.75, 3.05) is 13.1 Å². The van der Waals surface area contributed by atoms with Crippen LogP contribution in [0.25, 0.3) is 0 Å². The number of non-ortho nitro benzene ring substituents is 1. The number of ether oxygens (including phenoxy) is 1. The maximum Gasteiger partial charge on any atom is 0.271 e. The molecule has 0 bridgehead atoms. The molecule has 0 saturated heterocycles. The predicted molar refractivity (Wildman–Crippen MR) is 109 cm³/mol. The first-order valence-corrected chi connectivity index (χ1v) is 10.8. The van der Waals surface area contributed by atoms with E-state index in [4.69, 9.17) is 4.74 Å². The third-order valence-corrected chi connectivity index (χ3v) is 5.37. The summed E-state index contributed by atoms with van der Waals surface area (Å²) in [6, 6.07) is 4.64. The van der Waals surface area contributed by atoms with Crippen LogP contribution in [-0.2, 0) is 17.1 Å². The third kappa shape index (κ3) is 5.76. The molecule has 2 N–H and O–H groups in total. The van der Waals surface area contributed by atoms with Gasteiger partial charge in [0, 0.05) is 38.3 Å². The molecule has 164 valence electrons. The van der Waals surface area contributed by atoms with Crippen LogP contribution in [0.5, 0.6) is 11.6 Å². The molecule has 12 heteroatoms. The fourth-order valence-corrected chi connectivity index (χ4v) is 3.72. The number of carbonyl (C=O) groups excluding carboxylic acids is 1. The molecule has 0 atom stereocenters. The minimum atomic E-state index is -4.08. The molecule has 0 fully saturated rings. The number of benzene rings is 1. The summed E-state index contributed by atoms with van der Waals surface area (Å²) < 4.78 is 34.8. The Morgan fingerprint density at radius 3 is 2.63 bits per heavy atom. The van der Waals surface area contributed by atoms with Crippen LogP contribution in [-0.4, -0.2) is 42.1 Å². The summed E-state index contributed by atoms with van der Waals surface area (Å²) in [5, 5.41) is 17.9. The molecule has 1 amide bonds. The smallest absolute Gasteiger partial charge is 0.271 e. The second-order valence-corrected chi connectivity index (χ2v) is 8.72. The number of hydrogen-bond donors (Lipinski definition) is 2. The zero-order chi connectivity index (χ0) is 22.5. The van der Waals surface area contributed by atoms with Crippen molar-refractivity contribution < 1.29 is 22.9 Å². The highest BCUT2D eigenvalue weighted by molar-refractivity contribution is 7.89. The Hall–Kier alpha value is -2.99. The fourth-order valence-electron chi connectivity index (χ4n) is 2.36. The third-order valence-electron chi connectivity index (χ3n) is 3.93. The number of carbonyl (C=O) groups is 1. The molecular formula is C18H25N5O6S. The molecule has 30 heavy (non-hydrogen) atoms. The van der Waals surface area contributed by atoms with Gasteiger partial charge in [-0.05, 0) is 18.4 Å². The van der Waals surface area contributed by atoms with E-state index in [-0.39, 0.29) is 34.7 Å². The van der Waals surface area contributed by atoms with E-state index in [1.807, 2.05) is 20.8 Å². The first-order valence-electron chi connectivity index (χ1n) is 9.33. The number of nitro benzene ring substituents is 1. The molecule has 0 unspecified atom stereocenters. The van der Waals surface area contributed by atoms with E-state index >= 15 is 0 Å². The van der Waals surface area contributed by atoms with Gasteiger partial charge in [0.25, 0.3) is 11.6 Å². The molecule has 0 aliphatic rings. The summed E-state index contributed by atoms with van der Waals surface area (Å²) in [5.74, 6) is -0.382. The van der Waals surface area contributed by atoms with Gasteiger partial charge < -0.3 is 10.1 Å². The molecule has 0 spiro atoms. The van der Waals surface area contributed by atoms with Crippen molar-refractivity contribution in [3.63, 3.8) is 0 Å². The van der Waals surface area contributed by atoms with Crippen LogP contribution in [0, 0.1) is 16.0 Å². The summed E-state index contributed by atoms with van der Waals surface area (Å²) in [5.41, 5.74) is -0.290. The topological polar surface area (TPSA) is 145 Å². The number of hydrogen-bond acceptors (Lipinski definition) is 7. The van der Waals surface area contributed by atoms with Gasteiger partial charge in [0.1, 0.15) is 10.6 Å². The molecule has 0 saturated carbocycles. The van der Waals surface area contributed by atoms with Crippen molar-refractivity contribution in [2.24, 2.45) is 13.0 Å². The lowest BCUT2D eigenvalue weighted by Crippen LogP contribution is -2.28. The van der Waals surface area contributed by atoms with E-state index in [0.29, 0.717) is 6.54 Å². The van der Waals surface area contributed by atoms with Gasteiger partial charge in [0.15, 0.2) is 5.69 Å². The maximum atomic E-state index is 12.7. The second-order valence-electron chi connectivity index (χ2n) is 6.98. The molecular weight excluding hydrogens is 414 g/mol. The number of rotatable bonds is 10. The van der Waals surface area contributed by atoms with E-state index in [1.165, 1.54) is 23.9 Å². The molecule has 1 aromatic heterocycles. The van der Waals surface area contributed by atoms with Crippen molar-refractivity contribution >= 4 is 21.6 Å². The van der Waals surface area contributed by atoms with E-state index in [0.717, 1.165) is 18.6 Å². The monoisotopic (exact) mass is 439 g/mol. The standard InChI is InChI=1S/C18H25N5O6S/c1-5-8-19-18(24)14-10-17(22(4)21-14)29-15-7-6-13(23(25)26)9-16(15)30(27,28)20-11-12(2)3/h6-7,9-10,12,20H,5,8,11H2,1-4H3,(H,19,24). The van der Waals surface area contributed by atoms with Crippen molar-refractivity contribution in [3.8, 4) is 11.6 Å². The molecule has 2 aromatic rings. The van der Waals surface area contributed by atoms with Crippen molar-refractivity contribution in [3.05, 3.63) is 40.1 Å². The van der Waals surface area contributed by atoms with Gasteiger partial charge in [0.2, 0.25) is 15.9 Å². The maximum absolute atomic E-state index is 12.7. The average molecular weight is 439 g/mol. The summed E-state index contributed by atoms with van der Waals surface area (Å²) >= 11 is 0. The second kappa shape index (κ2) is 9.67. The molecule has 1 heterocycles. The minimum Gasteiger partial charge on any atom is -0.438 e. The Balaban J connectivity index is 2.41. The van der Waals surface area contributed by atoms with Crippen LogP contribution in [0.2, 0.25) is 0 Å². The van der Waals surface area contributed by atoms with Gasteiger partial charge >= 0.3 is 0 Å². The number of nitrogens with one attached hydrogen (secondary N) is 2. The molecule has 1 aromatic carbocycles. The Morgan fingerprint density at radius 2 is 2.03 bits per heavy atom. The van der Waals surface area contributed by atoms with Gasteiger partial charge in [-0.3, -0.25) is 14.9 Å². The number of sulfonamides is 1. The Bertz CT molecular complexity index is 1030. The summed E-state index contributed by atoms with van der Waals surface area (Å²) in [6.07, 6.45) is 0.759. The Labute approximate surface area is 174 Å². The molecule has 0 radical (unpaired) electrons. The van der Waals surface area contributed by atoms with Gasteiger partial charge in [-0.15, -0.1) is 0 Å². The van der Waals surface area contributed by atoms with Crippen LogP contribution >= 0.6 is 0 Å². The summed E-state index contributed by atoms with van der Waals surface area (Å²) in [4.78, 5) is 22.2. The highest BCUT2D eigenvalue weighted by Crippen LogP contribution is 2.32. The van der Waals surface area contributed by atoms with Gasteiger partial charge in [0.05, 0.1) is 4.92 Å². The molecule has 0 aliphatic carbocycles. The lowest BCUT2D eigenvalue weighted by molar-refractivity contribution is -0.385. The van der Waals surface area contributed by atoms with E-state index in [1.54, 1.807) is 0 Å². The molecule has 0 aliphatic heterocycles.